The summed E-state index contributed by atoms with van der Waals surface area (Å²) in [7, 11) is 0. The molecule has 0 radical (unpaired) electrons. The minimum absolute atomic E-state index is 0.176. The molecule has 0 saturated heterocycles. The van der Waals surface area contributed by atoms with E-state index in [2.05, 4.69) is 10.5 Å². The van der Waals surface area contributed by atoms with Gasteiger partial charge in [-0.2, -0.15) is 0 Å². The molecule has 4 nitrogen and oxygen atoms in total. The zero-order chi connectivity index (χ0) is 12.4. The van der Waals surface area contributed by atoms with Crippen molar-refractivity contribution in [3.8, 4) is 0 Å². The van der Waals surface area contributed by atoms with Gasteiger partial charge in [-0.3, -0.25) is 4.79 Å². The summed E-state index contributed by atoms with van der Waals surface area (Å²) in [5.74, 6) is 0.928. The molecule has 0 unspecified atom stereocenters. The first kappa shape index (κ1) is 11.4. The molecular weight excluding hydrogens is 216 g/mol. The van der Waals surface area contributed by atoms with Crippen LogP contribution in [-0.2, 0) is 0 Å². The van der Waals surface area contributed by atoms with Crippen LogP contribution >= 0.6 is 0 Å². The fourth-order valence-corrected chi connectivity index (χ4v) is 1.72. The van der Waals surface area contributed by atoms with Crippen molar-refractivity contribution in [2.24, 2.45) is 0 Å². The molecule has 88 valence electrons. The van der Waals surface area contributed by atoms with Crippen molar-refractivity contribution in [2.75, 3.05) is 5.32 Å². The molecular formula is C13H14N2O2. The summed E-state index contributed by atoms with van der Waals surface area (Å²) in [4.78, 5) is 11.9. The highest BCUT2D eigenvalue weighted by molar-refractivity contribution is 6.03. The Morgan fingerprint density at radius 2 is 1.76 bits per heavy atom. The number of carbonyl (C=O) groups excluding carboxylic acids is 1. The number of aryl methyl sites for hydroxylation is 3. The van der Waals surface area contributed by atoms with Gasteiger partial charge in [0.1, 0.15) is 5.76 Å². The first-order valence-corrected chi connectivity index (χ1v) is 5.37. The van der Waals surface area contributed by atoms with E-state index in [1.165, 1.54) is 0 Å². The van der Waals surface area contributed by atoms with E-state index in [1.54, 1.807) is 13.0 Å². The summed E-state index contributed by atoms with van der Waals surface area (Å²) in [5.41, 5.74) is 2.75. The number of nitrogens with zero attached hydrogens (tertiary/aromatic N) is 1. The normalized spacial score (nSPS) is 10.3. The molecule has 0 aliphatic heterocycles. The molecule has 1 amide bonds. The van der Waals surface area contributed by atoms with Gasteiger partial charge in [0, 0.05) is 11.6 Å². The summed E-state index contributed by atoms with van der Waals surface area (Å²) < 4.78 is 4.88. The van der Waals surface area contributed by atoms with Crippen molar-refractivity contribution < 1.29 is 9.32 Å². The smallest absolute Gasteiger partial charge is 0.256 e. The van der Waals surface area contributed by atoms with Crippen LogP contribution in [0.2, 0.25) is 0 Å². The zero-order valence-corrected chi connectivity index (χ0v) is 10.1. The highest BCUT2D eigenvalue weighted by Crippen LogP contribution is 2.12. The van der Waals surface area contributed by atoms with E-state index in [0.29, 0.717) is 17.1 Å². The summed E-state index contributed by atoms with van der Waals surface area (Å²) in [6.07, 6.45) is 0. The van der Waals surface area contributed by atoms with Gasteiger partial charge in [0.05, 0.1) is 0 Å². The van der Waals surface area contributed by atoms with Gasteiger partial charge in [-0.25, -0.2) is 0 Å². The van der Waals surface area contributed by atoms with Gasteiger partial charge in [-0.05, 0) is 32.9 Å². The third kappa shape index (κ3) is 2.72. The predicted octanol–water partition coefficient (Wildman–Crippen LogP) is 2.85. The number of nitrogens with one attached hydrogen (secondary N) is 1. The zero-order valence-electron chi connectivity index (χ0n) is 10.1. The SMILES string of the molecule is Cc1cc(C)cc(C(=O)Nc2cc(C)on2)c1. The Morgan fingerprint density at radius 3 is 2.29 bits per heavy atom. The lowest BCUT2D eigenvalue weighted by Crippen LogP contribution is -2.12. The molecule has 0 spiro atoms. The fraction of sp³-hybridized carbons (Fsp3) is 0.231. The molecule has 0 saturated carbocycles. The van der Waals surface area contributed by atoms with Crippen LogP contribution in [0.4, 0.5) is 5.82 Å². The maximum absolute atomic E-state index is 11.9. The number of benzene rings is 1. The minimum atomic E-state index is -0.176. The molecule has 0 aliphatic carbocycles. The molecule has 1 aromatic carbocycles. The van der Waals surface area contributed by atoms with Crippen molar-refractivity contribution in [1.82, 2.24) is 5.16 Å². The molecule has 1 heterocycles. The van der Waals surface area contributed by atoms with Gasteiger partial charge in [-0.15, -0.1) is 0 Å². The Bertz CT molecular complexity index is 538. The minimum Gasteiger partial charge on any atom is -0.360 e. The Labute approximate surface area is 99.6 Å². The lowest BCUT2D eigenvalue weighted by Gasteiger charge is -2.04. The molecule has 2 rings (SSSR count). The van der Waals surface area contributed by atoms with E-state index in [9.17, 15) is 4.79 Å². The van der Waals surface area contributed by atoms with Crippen LogP contribution in [0.5, 0.6) is 0 Å². The van der Waals surface area contributed by atoms with Gasteiger partial charge < -0.3 is 9.84 Å². The van der Waals surface area contributed by atoms with Gasteiger partial charge >= 0.3 is 0 Å². The largest absolute Gasteiger partial charge is 0.360 e. The van der Waals surface area contributed by atoms with Crippen molar-refractivity contribution >= 4 is 11.7 Å². The van der Waals surface area contributed by atoms with Crippen molar-refractivity contribution in [3.05, 3.63) is 46.7 Å². The van der Waals surface area contributed by atoms with E-state index in [4.69, 9.17) is 4.52 Å². The highest BCUT2D eigenvalue weighted by atomic mass is 16.5. The first-order valence-electron chi connectivity index (χ1n) is 5.37. The molecule has 1 N–H and O–H groups in total. The topological polar surface area (TPSA) is 55.1 Å². The van der Waals surface area contributed by atoms with Gasteiger partial charge in [0.15, 0.2) is 5.82 Å². The summed E-state index contributed by atoms with van der Waals surface area (Å²) in [6, 6.07) is 7.39. The number of amides is 1. The van der Waals surface area contributed by atoms with Crippen LogP contribution in [0.3, 0.4) is 0 Å². The van der Waals surface area contributed by atoms with Gasteiger partial charge in [0.2, 0.25) is 0 Å². The maximum atomic E-state index is 11.9. The number of hydrogen-bond donors (Lipinski definition) is 1. The van der Waals surface area contributed by atoms with Crippen LogP contribution in [0.15, 0.2) is 28.8 Å². The summed E-state index contributed by atoms with van der Waals surface area (Å²) in [6.45, 7) is 5.70. The Kier molecular flexibility index (Phi) is 2.95. The molecule has 0 atom stereocenters. The Hall–Kier alpha value is -2.10. The average molecular weight is 230 g/mol. The van der Waals surface area contributed by atoms with E-state index in [0.717, 1.165) is 11.1 Å². The summed E-state index contributed by atoms with van der Waals surface area (Å²) in [5, 5.41) is 6.41. The molecule has 4 heteroatoms. The first-order chi connectivity index (χ1) is 8.04. The van der Waals surface area contributed by atoms with Crippen LogP contribution in [0.1, 0.15) is 27.2 Å². The van der Waals surface area contributed by atoms with Crippen molar-refractivity contribution in [3.63, 3.8) is 0 Å². The van der Waals surface area contributed by atoms with Gasteiger partial charge in [-0.1, -0.05) is 22.3 Å². The molecule has 2 aromatic rings. The second-order valence-corrected chi connectivity index (χ2v) is 4.15. The van der Waals surface area contributed by atoms with E-state index < -0.39 is 0 Å². The third-order valence-corrected chi connectivity index (χ3v) is 2.35. The second-order valence-electron chi connectivity index (χ2n) is 4.15. The van der Waals surface area contributed by atoms with Crippen LogP contribution in [0.25, 0.3) is 0 Å². The van der Waals surface area contributed by atoms with Crippen LogP contribution in [-0.4, -0.2) is 11.1 Å². The monoisotopic (exact) mass is 230 g/mol. The molecule has 1 aromatic heterocycles. The van der Waals surface area contributed by atoms with Crippen LogP contribution < -0.4 is 5.32 Å². The van der Waals surface area contributed by atoms with Crippen molar-refractivity contribution in [2.45, 2.75) is 20.8 Å². The van der Waals surface area contributed by atoms with Gasteiger partial charge in [0.25, 0.3) is 5.91 Å². The van der Waals surface area contributed by atoms with E-state index in [-0.39, 0.29) is 5.91 Å². The molecule has 0 aliphatic rings. The Balaban J connectivity index is 2.19. The van der Waals surface area contributed by atoms with Crippen molar-refractivity contribution in [1.29, 1.82) is 0 Å². The van der Waals surface area contributed by atoms with Crippen LogP contribution in [0, 0.1) is 20.8 Å². The third-order valence-electron chi connectivity index (χ3n) is 2.35. The lowest BCUT2D eigenvalue weighted by molar-refractivity contribution is 0.102. The average Bonchev–Trinajstić information content (AvgIpc) is 2.62. The highest BCUT2D eigenvalue weighted by Gasteiger charge is 2.09. The summed E-state index contributed by atoms with van der Waals surface area (Å²) >= 11 is 0. The predicted molar refractivity (Wildman–Crippen MR) is 65.1 cm³/mol. The Morgan fingerprint density at radius 1 is 1.12 bits per heavy atom. The quantitative estimate of drug-likeness (QED) is 0.863. The molecule has 0 fully saturated rings. The molecule has 17 heavy (non-hydrogen) atoms. The second kappa shape index (κ2) is 4.41. The van der Waals surface area contributed by atoms with E-state index >= 15 is 0 Å². The number of hydrogen-bond acceptors (Lipinski definition) is 3. The number of carbonyl (C=O) groups is 1. The maximum Gasteiger partial charge on any atom is 0.256 e. The lowest BCUT2D eigenvalue weighted by atomic mass is 10.1. The number of rotatable bonds is 2. The number of aromatic nitrogens is 1. The molecule has 0 bridgehead atoms. The standard InChI is InChI=1S/C13H14N2O2/c1-8-4-9(2)6-11(5-8)13(16)14-12-7-10(3)17-15-12/h4-7H,1-3H3,(H,14,15,16). The number of anilines is 1. The fourth-order valence-electron chi connectivity index (χ4n) is 1.72. The van der Waals surface area contributed by atoms with E-state index in [1.807, 2.05) is 32.0 Å².